The zero-order valence-electron chi connectivity index (χ0n) is 7.84. The minimum atomic E-state index is -0.447. The van der Waals surface area contributed by atoms with E-state index in [1.54, 1.807) is 0 Å². The molecule has 11 heavy (non-hydrogen) atoms. The summed E-state index contributed by atoms with van der Waals surface area (Å²) in [5, 5.41) is 0. The topological polar surface area (TPSA) is 18.5 Å². The molecule has 2 aliphatic rings. The lowest BCUT2D eigenvalue weighted by Crippen LogP contribution is -2.38. The van der Waals surface area contributed by atoms with Crippen molar-refractivity contribution in [2.75, 3.05) is 6.58 Å². The van der Waals surface area contributed by atoms with Crippen LogP contribution >= 0.6 is 0 Å². The largest absolute Gasteiger partial charge is 0.236 e. The molecule has 0 aromatic rings. The Labute approximate surface area is 69.2 Å². The molecule has 2 fully saturated rings. The van der Waals surface area contributed by atoms with Gasteiger partial charge in [0.1, 0.15) is 5.60 Å². The molecule has 1 saturated heterocycles. The molecule has 1 spiro atoms. The average Bonchev–Trinajstić information content (AvgIpc) is 2.13. The summed E-state index contributed by atoms with van der Waals surface area (Å²) in [4.78, 5) is 10.3. The third-order valence-corrected chi connectivity index (χ3v) is 2.78. The summed E-state index contributed by atoms with van der Waals surface area (Å²) >= 11 is 0. The lowest BCUT2D eigenvalue weighted by Gasteiger charge is -2.38. The molecule has 0 N–H and O–H groups in total. The molecule has 1 saturated carbocycles. The van der Waals surface area contributed by atoms with Crippen molar-refractivity contribution in [3.63, 3.8) is 0 Å². The lowest BCUT2D eigenvalue weighted by atomic mass is 9.81. The van der Waals surface area contributed by atoms with E-state index in [2.05, 4.69) is 0 Å². The first kappa shape index (κ1) is 6.44. The van der Waals surface area contributed by atoms with Gasteiger partial charge < -0.3 is 0 Å². The molecular formula is C9H16O2. The van der Waals surface area contributed by atoms with Gasteiger partial charge in [-0.25, -0.2) is 9.78 Å². The van der Waals surface area contributed by atoms with Gasteiger partial charge in [0.2, 0.25) is 0 Å². The summed E-state index contributed by atoms with van der Waals surface area (Å²) in [6, 6.07) is 0. The van der Waals surface area contributed by atoms with Crippen molar-refractivity contribution in [3.05, 3.63) is 0 Å². The van der Waals surface area contributed by atoms with Gasteiger partial charge in [0.25, 0.3) is 0 Å². The van der Waals surface area contributed by atoms with Crippen LogP contribution in [0.2, 0.25) is 0 Å². The molecule has 64 valence electrons. The molecule has 1 unspecified atom stereocenters. The van der Waals surface area contributed by atoms with Crippen molar-refractivity contribution in [2.45, 2.75) is 50.5 Å². The number of hydrogen-bond donors (Lipinski definition) is 0. The van der Waals surface area contributed by atoms with Gasteiger partial charge in [0.05, 0.1) is 7.95 Å². The molecule has 1 heterocycles. The van der Waals surface area contributed by atoms with Gasteiger partial charge in [0.15, 0.2) is 0 Å². The summed E-state index contributed by atoms with van der Waals surface area (Å²) in [5.74, 6) is 0. The predicted octanol–water partition coefficient (Wildman–Crippen LogP) is 2.43. The summed E-state index contributed by atoms with van der Waals surface area (Å²) in [6.45, 7) is -0.447. The summed E-state index contributed by atoms with van der Waals surface area (Å²) in [5.41, 5.74) is -0.00417. The molecule has 0 aromatic carbocycles. The zero-order valence-corrected chi connectivity index (χ0v) is 6.84. The van der Waals surface area contributed by atoms with Crippen LogP contribution in [0.4, 0.5) is 0 Å². The highest BCUT2D eigenvalue weighted by Crippen LogP contribution is 2.37. The van der Waals surface area contributed by atoms with Crippen LogP contribution in [0.1, 0.15) is 46.3 Å². The predicted molar refractivity (Wildman–Crippen MR) is 42.1 cm³/mol. The summed E-state index contributed by atoms with van der Waals surface area (Å²) in [7, 11) is 0. The van der Waals surface area contributed by atoms with Gasteiger partial charge in [-0.05, 0) is 25.7 Å². The standard InChI is InChI=1S/C9H16O2/c1-2-5-9(6-3-1)7-4-8-10-11-9/h1-8H2/i8D. The SMILES string of the molecule is [2H]C1CCC2(CCCCC2)OO1. The van der Waals surface area contributed by atoms with E-state index < -0.39 is 6.58 Å². The Kier molecular flexibility index (Phi) is 1.82. The van der Waals surface area contributed by atoms with Gasteiger partial charge in [-0.2, -0.15) is 0 Å². The smallest absolute Gasteiger partial charge is 0.104 e. The maximum absolute atomic E-state index is 7.33. The lowest BCUT2D eigenvalue weighted by molar-refractivity contribution is -0.389. The highest BCUT2D eigenvalue weighted by molar-refractivity contribution is 4.84. The molecule has 0 radical (unpaired) electrons. The fourth-order valence-electron chi connectivity index (χ4n) is 2.08. The van der Waals surface area contributed by atoms with E-state index in [1.165, 1.54) is 19.3 Å². The molecule has 2 heteroatoms. The molecule has 1 atom stereocenters. The van der Waals surface area contributed by atoms with Crippen LogP contribution in [0.15, 0.2) is 0 Å². The summed E-state index contributed by atoms with van der Waals surface area (Å²) < 4.78 is 7.33. The second kappa shape index (κ2) is 3.11. The summed E-state index contributed by atoms with van der Waals surface area (Å²) in [6.07, 6.45) is 7.94. The Bertz CT molecular complexity index is 145. The molecular weight excluding hydrogens is 140 g/mol. The Hall–Kier alpha value is -0.0800. The second-order valence-corrected chi connectivity index (χ2v) is 3.63. The molecule has 1 aliphatic carbocycles. The molecule has 0 aromatic heterocycles. The van der Waals surface area contributed by atoms with Crippen molar-refractivity contribution in [3.8, 4) is 0 Å². The van der Waals surface area contributed by atoms with Gasteiger partial charge in [0, 0.05) is 0 Å². The minimum absolute atomic E-state index is 0.00417. The van der Waals surface area contributed by atoms with Crippen LogP contribution < -0.4 is 0 Å². The van der Waals surface area contributed by atoms with E-state index in [9.17, 15) is 0 Å². The van der Waals surface area contributed by atoms with Crippen molar-refractivity contribution in [1.82, 2.24) is 0 Å². The zero-order chi connectivity index (χ0) is 8.44. The number of hydrogen-bond acceptors (Lipinski definition) is 2. The Morgan fingerprint density at radius 2 is 1.73 bits per heavy atom. The molecule has 0 bridgehead atoms. The fraction of sp³-hybridized carbons (Fsp3) is 1.00. The van der Waals surface area contributed by atoms with Crippen molar-refractivity contribution in [1.29, 1.82) is 0 Å². The normalized spacial score (nSPS) is 38.5. The Morgan fingerprint density at radius 1 is 1.00 bits per heavy atom. The molecule has 1 aliphatic heterocycles. The first-order valence-corrected chi connectivity index (χ1v) is 4.58. The van der Waals surface area contributed by atoms with Gasteiger partial charge in [-0.1, -0.05) is 19.3 Å². The second-order valence-electron chi connectivity index (χ2n) is 3.63. The first-order valence-electron chi connectivity index (χ1n) is 5.15. The van der Waals surface area contributed by atoms with Crippen LogP contribution in [0.5, 0.6) is 0 Å². The van der Waals surface area contributed by atoms with Crippen molar-refractivity contribution >= 4 is 0 Å². The third-order valence-electron chi connectivity index (χ3n) is 2.78. The Morgan fingerprint density at radius 3 is 2.36 bits per heavy atom. The van der Waals surface area contributed by atoms with Crippen LogP contribution in [-0.4, -0.2) is 12.2 Å². The van der Waals surface area contributed by atoms with Gasteiger partial charge in [-0.15, -0.1) is 0 Å². The quantitative estimate of drug-likeness (QED) is 0.503. The molecule has 2 rings (SSSR count). The van der Waals surface area contributed by atoms with Crippen LogP contribution in [0.25, 0.3) is 0 Å². The maximum atomic E-state index is 7.33. The molecule has 0 amide bonds. The minimum Gasteiger partial charge on any atom is -0.236 e. The van der Waals surface area contributed by atoms with Crippen molar-refractivity contribution < 1.29 is 11.1 Å². The third kappa shape index (κ3) is 1.57. The fourth-order valence-corrected chi connectivity index (χ4v) is 2.08. The van der Waals surface area contributed by atoms with E-state index in [1.807, 2.05) is 0 Å². The highest BCUT2D eigenvalue weighted by atomic mass is 17.2. The van der Waals surface area contributed by atoms with E-state index in [0.717, 1.165) is 25.7 Å². The van der Waals surface area contributed by atoms with Gasteiger partial charge in [-0.3, -0.25) is 0 Å². The van der Waals surface area contributed by atoms with Crippen LogP contribution in [0, 0.1) is 0 Å². The van der Waals surface area contributed by atoms with Crippen LogP contribution in [-0.2, 0) is 9.78 Å². The van der Waals surface area contributed by atoms with Crippen LogP contribution in [0.3, 0.4) is 0 Å². The maximum Gasteiger partial charge on any atom is 0.104 e. The Balaban J connectivity index is 1.92. The van der Waals surface area contributed by atoms with Crippen molar-refractivity contribution in [2.24, 2.45) is 0 Å². The average molecular weight is 157 g/mol. The van der Waals surface area contributed by atoms with E-state index in [-0.39, 0.29) is 5.60 Å². The first-order chi connectivity index (χ1) is 5.81. The highest BCUT2D eigenvalue weighted by Gasteiger charge is 2.35. The van der Waals surface area contributed by atoms with E-state index >= 15 is 0 Å². The van der Waals surface area contributed by atoms with E-state index in [4.69, 9.17) is 11.1 Å². The van der Waals surface area contributed by atoms with E-state index in [0.29, 0.717) is 0 Å². The number of rotatable bonds is 0. The molecule has 2 nitrogen and oxygen atoms in total. The van der Waals surface area contributed by atoms with Gasteiger partial charge >= 0.3 is 0 Å². The monoisotopic (exact) mass is 157 g/mol.